The summed E-state index contributed by atoms with van der Waals surface area (Å²) >= 11 is 0. The first kappa shape index (κ1) is 18.2. The number of nitrogens with zero attached hydrogens (tertiary/aromatic N) is 2. The molecule has 0 aliphatic rings. The zero-order valence-electron chi connectivity index (χ0n) is 13.9. The Labute approximate surface area is 143 Å². The minimum Gasteiger partial charge on any atom is -0.507 e. The van der Waals surface area contributed by atoms with Gasteiger partial charge in [-0.25, -0.2) is 8.42 Å². The first-order valence-electron chi connectivity index (χ1n) is 7.86. The monoisotopic (exact) mass is 346 g/mol. The molecule has 0 aliphatic heterocycles. The number of hydrogen-bond acceptors (Lipinski definition) is 4. The van der Waals surface area contributed by atoms with Gasteiger partial charge in [0.2, 0.25) is 10.0 Å². The van der Waals surface area contributed by atoms with Crippen molar-refractivity contribution < 1.29 is 13.5 Å². The quantitative estimate of drug-likeness (QED) is 0.784. The Morgan fingerprint density at radius 3 is 2.25 bits per heavy atom. The van der Waals surface area contributed by atoms with Gasteiger partial charge in [0.1, 0.15) is 5.75 Å². The van der Waals surface area contributed by atoms with Crippen LogP contribution in [0.4, 0.5) is 0 Å². The van der Waals surface area contributed by atoms with E-state index in [4.69, 9.17) is 0 Å². The second-order valence-corrected chi connectivity index (χ2v) is 7.20. The minimum absolute atomic E-state index is 0.182. The summed E-state index contributed by atoms with van der Waals surface area (Å²) in [7, 11) is -3.43. The van der Waals surface area contributed by atoms with E-state index in [0.29, 0.717) is 30.1 Å². The van der Waals surface area contributed by atoms with Gasteiger partial charge in [-0.05, 0) is 29.8 Å². The maximum absolute atomic E-state index is 12.4. The standard InChI is InChI=1S/C18H22N2O3S/c1-3-20(4-2)24(22,23)17-11-9-15(10-12-17)13-19-14-16-7-5-6-8-18(16)21/h5-12,14,21H,3-4,13H2,1-2H3. The lowest BCUT2D eigenvalue weighted by molar-refractivity contribution is 0.445. The lowest BCUT2D eigenvalue weighted by Gasteiger charge is -2.18. The van der Waals surface area contributed by atoms with Crippen LogP contribution in [0.15, 0.2) is 58.4 Å². The Kier molecular flexibility index (Phi) is 6.11. The Morgan fingerprint density at radius 2 is 1.67 bits per heavy atom. The van der Waals surface area contributed by atoms with Crippen molar-refractivity contribution in [3.8, 4) is 5.75 Å². The molecule has 0 aliphatic carbocycles. The smallest absolute Gasteiger partial charge is 0.243 e. The van der Waals surface area contributed by atoms with Gasteiger partial charge < -0.3 is 5.11 Å². The van der Waals surface area contributed by atoms with E-state index in [2.05, 4.69) is 4.99 Å². The molecule has 5 nitrogen and oxygen atoms in total. The first-order valence-corrected chi connectivity index (χ1v) is 9.30. The highest BCUT2D eigenvalue weighted by atomic mass is 32.2. The van der Waals surface area contributed by atoms with Gasteiger partial charge in [-0.15, -0.1) is 0 Å². The predicted octanol–water partition coefficient (Wildman–Crippen LogP) is 3.04. The molecule has 0 radical (unpaired) electrons. The highest BCUT2D eigenvalue weighted by Gasteiger charge is 2.20. The third-order valence-corrected chi connectivity index (χ3v) is 5.77. The van der Waals surface area contributed by atoms with Gasteiger partial charge >= 0.3 is 0 Å². The van der Waals surface area contributed by atoms with E-state index < -0.39 is 10.0 Å². The molecule has 0 atom stereocenters. The van der Waals surface area contributed by atoms with Crippen molar-refractivity contribution in [2.24, 2.45) is 4.99 Å². The maximum Gasteiger partial charge on any atom is 0.243 e. The SMILES string of the molecule is CCN(CC)S(=O)(=O)c1ccc(CN=Cc2ccccc2O)cc1. The van der Waals surface area contributed by atoms with Crippen molar-refractivity contribution in [3.05, 3.63) is 59.7 Å². The molecule has 0 unspecified atom stereocenters. The van der Waals surface area contributed by atoms with Crippen LogP contribution in [-0.2, 0) is 16.6 Å². The number of hydrogen-bond donors (Lipinski definition) is 1. The summed E-state index contributed by atoms with van der Waals surface area (Å²) in [6, 6.07) is 13.7. The second kappa shape index (κ2) is 8.08. The first-order chi connectivity index (χ1) is 11.5. The van der Waals surface area contributed by atoms with Gasteiger partial charge in [-0.3, -0.25) is 4.99 Å². The predicted molar refractivity (Wildman–Crippen MR) is 96.0 cm³/mol. The maximum atomic E-state index is 12.4. The summed E-state index contributed by atoms with van der Waals surface area (Å²) < 4.78 is 26.3. The molecule has 0 saturated carbocycles. The van der Waals surface area contributed by atoms with Crippen LogP contribution in [0.3, 0.4) is 0 Å². The molecule has 6 heteroatoms. The normalized spacial score (nSPS) is 12.1. The Balaban J connectivity index is 2.09. The van der Waals surface area contributed by atoms with Crippen LogP contribution in [-0.4, -0.2) is 37.1 Å². The zero-order valence-corrected chi connectivity index (χ0v) is 14.7. The Morgan fingerprint density at radius 1 is 1.04 bits per heavy atom. The number of aliphatic imine (C=N–C) groups is 1. The largest absolute Gasteiger partial charge is 0.507 e. The molecule has 128 valence electrons. The average molecular weight is 346 g/mol. The van der Waals surface area contributed by atoms with Gasteiger partial charge in [0.05, 0.1) is 11.4 Å². The van der Waals surface area contributed by atoms with Crippen LogP contribution < -0.4 is 0 Å². The van der Waals surface area contributed by atoms with Crippen LogP contribution in [0.25, 0.3) is 0 Å². The summed E-state index contributed by atoms with van der Waals surface area (Å²) in [6.45, 7) is 4.96. The van der Waals surface area contributed by atoms with Crippen molar-refractivity contribution >= 4 is 16.2 Å². The van der Waals surface area contributed by atoms with Crippen LogP contribution in [0.5, 0.6) is 5.75 Å². The number of aromatic hydroxyl groups is 1. The average Bonchev–Trinajstić information content (AvgIpc) is 2.58. The summed E-state index contributed by atoms with van der Waals surface area (Å²) in [4.78, 5) is 4.58. The Hall–Kier alpha value is -2.18. The molecule has 0 aromatic heterocycles. The van der Waals surface area contributed by atoms with Crippen LogP contribution >= 0.6 is 0 Å². The van der Waals surface area contributed by atoms with E-state index >= 15 is 0 Å². The molecular formula is C18H22N2O3S. The number of benzene rings is 2. The molecule has 0 saturated heterocycles. The molecule has 0 bridgehead atoms. The van der Waals surface area contributed by atoms with Crippen LogP contribution in [0.1, 0.15) is 25.0 Å². The molecule has 2 rings (SSSR count). The fraction of sp³-hybridized carbons (Fsp3) is 0.278. The molecule has 0 heterocycles. The van der Waals surface area contributed by atoms with E-state index in [1.54, 1.807) is 48.7 Å². The fourth-order valence-electron chi connectivity index (χ4n) is 2.33. The molecule has 24 heavy (non-hydrogen) atoms. The van der Waals surface area contributed by atoms with Crippen LogP contribution in [0, 0.1) is 0 Å². The van der Waals surface area contributed by atoms with Crippen molar-refractivity contribution in [1.29, 1.82) is 0 Å². The highest BCUT2D eigenvalue weighted by Crippen LogP contribution is 2.17. The number of para-hydroxylation sites is 1. The van der Waals surface area contributed by atoms with Gasteiger partial charge in [-0.2, -0.15) is 4.31 Å². The van der Waals surface area contributed by atoms with Crippen LogP contribution in [0.2, 0.25) is 0 Å². The number of phenols is 1. The number of sulfonamides is 1. The summed E-state index contributed by atoms with van der Waals surface area (Å²) in [6.07, 6.45) is 1.61. The molecule has 2 aromatic rings. The van der Waals surface area contributed by atoms with Crippen molar-refractivity contribution in [2.45, 2.75) is 25.3 Å². The lowest BCUT2D eigenvalue weighted by Crippen LogP contribution is -2.30. The topological polar surface area (TPSA) is 70.0 Å². The molecule has 2 aromatic carbocycles. The van der Waals surface area contributed by atoms with Crippen molar-refractivity contribution in [2.75, 3.05) is 13.1 Å². The summed E-state index contributed by atoms with van der Waals surface area (Å²) in [5, 5.41) is 9.67. The molecular weight excluding hydrogens is 324 g/mol. The zero-order chi connectivity index (χ0) is 17.6. The van der Waals surface area contributed by atoms with Gasteiger partial charge in [-0.1, -0.05) is 38.1 Å². The van der Waals surface area contributed by atoms with E-state index in [1.807, 2.05) is 19.9 Å². The Bertz CT molecular complexity index is 795. The van der Waals surface area contributed by atoms with E-state index in [-0.39, 0.29) is 5.75 Å². The van der Waals surface area contributed by atoms with E-state index in [0.717, 1.165) is 5.56 Å². The fourth-order valence-corrected chi connectivity index (χ4v) is 3.78. The van der Waals surface area contributed by atoms with E-state index in [1.165, 1.54) is 4.31 Å². The summed E-state index contributed by atoms with van der Waals surface area (Å²) in [5.41, 5.74) is 1.55. The van der Waals surface area contributed by atoms with Crippen molar-refractivity contribution in [1.82, 2.24) is 4.31 Å². The minimum atomic E-state index is -3.43. The van der Waals surface area contributed by atoms with Gasteiger partial charge in [0, 0.05) is 24.9 Å². The molecule has 0 amide bonds. The third kappa shape index (κ3) is 4.21. The third-order valence-electron chi connectivity index (χ3n) is 3.71. The summed E-state index contributed by atoms with van der Waals surface area (Å²) in [5.74, 6) is 0.182. The number of rotatable bonds is 7. The molecule has 1 N–H and O–H groups in total. The van der Waals surface area contributed by atoms with Gasteiger partial charge in [0.25, 0.3) is 0 Å². The lowest BCUT2D eigenvalue weighted by atomic mass is 10.2. The molecule has 0 spiro atoms. The van der Waals surface area contributed by atoms with Crippen molar-refractivity contribution in [3.63, 3.8) is 0 Å². The number of phenolic OH excluding ortho intramolecular Hbond substituents is 1. The second-order valence-electron chi connectivity index (χ2n) is 5.26. The molecule has 0 fully saturated rings. The highest BCUT2D eigenvalue weighted by molar-refractivity contribution is 7.89. The van der Waals surface area contributed by atoms with E-state index in [9.17, 15) is 13.5 Å². The van der Waals surface area contributed by atoms with Gasteiger partial charge in [0.15, 0.2) is 0 Å².